The lowest BCUT2D eigenvalue weighted by atomic mass is 10.1. The van der Waals surface area contributed by atoms with Gasteiger partial charge >= 0.3 is 0 Å². The molecule has 2 aromatic rings. The molecule has 0 unspecified atom stereocenters. The molecule has 2 aromatic carbocycles. The van der Waals surface area contributed by atoms with Gasteiger partial charge in [-0.25, -0.2) is 8.42 Å². The van der Waals surface area contributed by atoms with Crippen molar-refractivity contribution in [1.29, 1.82) is 0 Å². The van der Waals surface area contributed by atoms with E-state index in [9.17, 15) is 18.0 Å². The first-order valence-corrected chi connectivity index (χ1v) is 15.5. The Morgan fingerprint density at radius 2 is 1.71 bits per heavy atom. The molecule has 0 spiro atoms. The normalized spacial score (nSPS) is 13.1. The summed E-state index contributed by atoms with van der Waals surface area (Å²) in [4.78, 5) is 28.3. The molecule has 2 amide bonds. The van der Waals surface area contributed by atoms with Crippen molar-refractivity contribution in [1.82, 2.24) is 10.2 Å². The van der Waals surface area contributed by atoms with Gasteiger partial charge in [-0.2, -0.15) is 0 Å². The van der Waals surface area contributed by atoms with E-state index in [4.69, 9.17) is 23.2 Å². The highest BCUT2D eigenvalue weighted by atomic mass is 35.5. The molecule has 210 valence electrons. The Balaban J connectivity index is 2.29. The lowest BCUT2D eigenvalue weighted by molar-refractivity contribution is -0.141. The Bertz CT molecular complexity index is 1240. The Labute approximate surface area is 237 Å². The number of sulfonamides is 1. The van der Waals surface area contributed by atoms with E-state index in [1.807, 2.05) is 46.8 Å². The maximum absolute atomic E-state index is 13.6. The van der Waals surface area contributed by atoms with Crippen LogP contribution < -0.4 is 9.62 Å². The first-order valence-electron chi connectivity index (χ1n) is 12.9. The summed E-state index contributed by atoms with van der Waals surface area (Å²) in [6.07, 6.45) is 2.72. The van der Waals surface area contributed by atoms with Crippen LogP contribution in [0.25, 0.3) is 0 Å². The third kappa shape index (κ3) is 8.61. The summed E-state index contributed by atoms with van der Waals surface area (Å²) < 4.78 is 26.6. The van der Waals surface area contributed by atoms with Crippen LogP contribution in [-0.2, 0) is 26.2 Å². The number of amides is 2. The van der Waals surface area contributed by atoms with Gasteiger partial charge in [0.15, 0.2) is 0 Å². The van der Waals surface area contributed by atoms with Crippen LogP contribution in [-0.4, -0.2) is 50.0 Å². The second kappa shape index (κ2) is 14.2. The van der Waals surface area contributed by atoms with Crippen LogP contribution in [0.4, 0.5) is 5.69 Å². The molecule has 0 aromatic heterocycles. The summed E-state index contributed by atoms with van der Waals surface area (Å²) in [5.41, 5.74) is 3.21. The molecule has 0 saturated heterocycles. The van der Waals surface area contributed by atoms with Crippen LogP contribution in [0.2, 0.25) is 10.0 Å². The fourth-order valence-electron chi connectivity index (χ4n) is 4.18. The van der Waals surface area contributed by atoms with E-state index >= 15 is 0 Å². The lowest BCUT2D eigenvalue weighted by Gasteiger charge is -2.32. The molecule has 2 rings (SSSR count). The van der Waals surface area contributed by atoms with Crippen LogP contribution in [0.5, 0.6) is 0 Å². The Hall–Kier alpha value is -2.29. The number of halogens is 2. The fraction of sp³-hybridized carbons (Fsp3) is 0.500. The number of carbonyl (C=O) groups is 2. The summed E-state index contributed by atoms with van der Waals surface area (Å²) in [7, 11) is -3.57. The summed E-state index contributed by atoms with van der Waals surface area (Å²) in [6, 6.07) is 9.94. The van der Waals surface area contributed by atoms with Gasteiger partial charge in [0.25, 0.3) is 0 Å². The van der Waals surface area contributed by atoms with Crippen LogP contribution in [0.1, 0.15) is 63.1 Å². The first-order chi connectivity index (χ1) is 17.8. The van der Waals surface area contributed by atoms with Crippen molar-refractivity contribution in [3.63, 3.8) is 0 Å². The van der Waals surface area contributed by atoms with E-state index in [0.717, 1.165) is 23.1 Å². The third-order valence-electron chi connectivity index (χ3n) is 6.72. The summed E-state index contributed by atoms with van der Waals surface area (Å²) >= 11 is 12.3. The molecule has 0 bridgehead atoms. The highest BCUT2D eigenvalue weighted by molar-refractivity contribution is 7.92. The molecule has 0 saturated carbocycles. The van der Waals surface area contributed by atoms with Crippen molar-refractivity contribution in [3.8, 4) is 0 Å². The molecule has 0 fully saturated rings. The molecule has 38 heavy (non-hydrogen) atoms. The number of rotatable bonds is 13. The molecule has 1 N–H and O–H groups in total. The zero-order valence-electron chi connectivity index (χ0n) is 23.1. The van der Waals surface area contributed by atoms with E-state index in [-0.39, 0.29) is 37.4 Å². The number of hydrogen-bond donors (Lipinski definition) is 1. The molecule has 0 aliphatic heterocycles. The van der Waals surface area contributed by atoms with Gasteiger partial charge in [0.05, 0.1) is 22.0 Å². The van der Waals surface area contributed by atoms with E-state index in [2.05, 4.69) is 5.32 Å². The maximum atomic E-state index is 13.6. The number of benzene rings is 2. The second-order valence-corrected chi connectivity index (χ2v) is 12.4. The Morgan fingerprint density at radius 1 is 1.03 bits per heavy atom. The highest BCUT2D eigenvalue weighted by Gasteiger charge is 2.29. The van der Waals surface area contributed by atoms with Crippen molar-refractivity contribution in [2.45, 2.75) is 78.9 Å². The first kappa shape index (κ1) is 31.9. The minimum Gasteiger partial charge on any atom is -0.352 e. The van der Waals surface area contributed by atoms with E-state index in [1.54, 1.807) is 29.2 Å². The molecule has 0 heterocycles. The zero-order chi connectivity index (χ0) is 28.6. The zero-order valence-corrected chi connectivity index (χ0v) is 25.4. The van der Waals surface area contributed by atoms with Gasteiger partial charge in [0, 0.05) is 25.6 Å². The summed E-state index contributed by atoms with van der Waals surface area (Å²) in [5, 5.41) is 3.75. The number of aryl methyl sites for hydroxylation is 1. The van der Waals surface area contributed by atoms with Gasteiger partial charge in [0.2, 0.25) is 21.8 Å². The van der Waals surface area contributed by atoms with Gasteiger partial charge in [-0.3, -0.25) is 13.9 Å². The molecule has 2 atom stereocenters. The number of nitrogens with one attached hydrogen (secondary N) is 1. The highest BCUT2D eigenvalue weighted by Crippen LogP contribution is 2.27. The van der Waals surface area contributed by atoms with Crippen LogP contribution in [0.15, 0.2) is 36.4 Å². The molecular formula is C28H39Cl2N3O4S. The second-order valence-electron chi connectivity index (χ2n) is 9.67. The number of nitrogens with zero attached hydrogens (tertiary/aromatic N) is 2. The Morgan fingerprint density at radius 3 is 2.29 bits per heavy atom. The van der Waals surface area contributed by atoms with Crippen LogP contribution in [0.3, 0.4) is 0 Å². The lowest BCUT2D eigenvalue weighted by Crippen LogP contribution is -2.50. The third-order valence-corrected chi connectivity index (χ3v) is 8.64. The van der Waals surface area contributed by atoms with E-state index in [0.29, 0.717) is 28.6 Å². The Kier molecular flexibility index (Phi) is 11.9. The standard InChI is InChI=1S/C28H39Cl2N3O4S/c1-7-20(4)31-28(35)25(8-2)32(18-22-14-15-23(29)24(30)17-22)27(34)13-10-16-33(38(6,36)37)26-12-9-11-19(3)21(26)5/h9,11-12,14-15,17,20,25H,7-8,10,13,16,18H2,1-6H3,(H,31,35)/t20-,25+/m0/s1. The van der Waals surface area contributed by atoms with Gasteiger partial charge in [-0.05, 0) is 74.9 Å². The SMILES string of the molecule is CC[C@H](C(=O)N[C@@H](C)CC)N(Cc1ccc(Cl)c(Cl)c1)C(=O)CCCN(c1cccc(C)c1C)S(C)(=O)=O. The van der Waals surface area contributed by atoms with Crippen molar-refractivity contribution in [2.24, 2.45) is 0 Å². The van der Waals surface area contributed by atoms with Gasteiger partial charge in [-0.15, -0.1) is 0 Å². The number of hydrogen-bond acceptors (Lipinski definition) is 4. The summed E-state index contributed by atoms with van der Waals surface area (Å²) in [6.45, 7) is 9.90. The van der Waals surface area contributed by atoms with Gasteiger partial charge in [0.1, 0.15) is 6.04 Å². The average Bonchev–Trinajstić information content (AvgIpc) is 2.85. The molecule has 7 nitrogen and oxygen atoms in total. The maximum Gasteiger partial charge on any atom is 0.243 e. The molecule has 0 radical (unpaired) electrons. The minimum atomic E-state index is -3.57. The van der Waals surface area contributed by atoms with Gasteiger partial charge in [-0.1, -0.05) is 55.2 Å². The van der Waals surface area contributed by atoms with Crippen molar-refractivity contribution < 1.29 is 18.0 Å². The van der Waals surface area contributed by atoms with E-state index < -0.39 is 16.1 Å². The smallest absolute Gasteiger partial charge is 0.243 e. The molecule has 10 heteroatoms. The fourth-order valence-corrected chi connectivity index (χ4v) is 5.52. The van der Waals surface area contributed by atoms with Crippen molar-refractivity contribution in [2.75, 3.05) is 17.1 Å². The van der Waals surface area contributed by atoms with Crippen molar-refractivity contribution >= 4 is 50.7 Å². The topological polar surface area (TPSA) is 86.8 Å². The van der Waals surface area contributed by atoms with Crippen molar-refractivity contribution in [3.05, 3.63) is 63.1 Å². The molecule has 0 aliphatic rings. The number of carbonyl (C=O) groups excluding carboxylic acids is 2. The van der Waals surface area contributed by atoms with Gasteiger partial charge < -0.3 is 10.2 Å². The predicted molar refractivity (Wildman–Crippen MR) is 156 cm³/mol. The molecular weight excluding hydrogens is 545 g/mol. The van der Waals surface area contributed by atoms with Crippen LogP contribution >= 0.6 is 23.2 Å². The predicted octanol–water partition coefficient (Wildman–Crippen LogP) is 5.88. The van der Waals surface area contributed by atoms with Crippen LogP contribution in [0, 0.1) is 13.8 Å². The largest absolute Gasteiger partial charge is 0.352 e. The number of anilines is 1. The summed E-state index contributed by atoms with van der Waals surface area (Å²) in [5.74, 6) is -0.458. The molecule has 0 aliphatic carbocycles. The monoisotopic (exact) mass is 583 g/mol. The average molecular weight is 585 g/mol. The quantitative estimate of drug-likeness (QED) is 0.319. The van der Waals surface area contributed by atoms with E-state index in [1.165, 1.54) is 10.6 Å². The minimum absolute atomic E-state index is 0.0284.